The van der Waals surface area contributed by atoms with Gasteiger partial charge in [-0.3, -0.25) is 4.79 Å². The minimum atomic E-state index is 0.174. The van der Waals surface area contributed by atoms with E-state index in [4.69, 9.17) is 4.42 Å². The zero-order valence-electron chi connectivity index (χ0n) is 12.2. The molecule has 1 unspecified atom stereocenters. The second kappa shape index (κ2) is 6.00. The van der Waals surface area contributed by atoms with Gasteiger partial charge in [-0.05, 0) is 49.8 Å². The SMILES string of the molecule is CN1C[C@H]2CCC[C@@H](C1)C2CC(=O)NCc1ccco1. The van der Waals surface area contributed by atoms with E-state index in [9.17, 15) is 4.79 Å². The van der Waals surface area contributed by atoms with Gasteiger partial charge in [0.05, 0.1) is 12.8 Å². The number of carbonyl (C=O) groups is 1. The fourth-order valence-corrected chi connectivity index (χ4v) is 4.00. The molecule has 0 radical (unpaired) electrons. The Morgan fingerprint density at radius 2 is 2.15 bits per heavy atom. The highest BCUT2D eigenvalue weighted by Gasteiger charge is 2.39. The summed E-state index contributed by atoms with van der Waals surface area (Å²) in [5.74, 6) is 3.00. The summed E-state index contributed by atoms with van der Waals surface area (Å²) in [6.45, 7) is 2.83. The number of hydrogen-bond acceptors (Lipinski definition) is 3. The molecule has 1 saturated carbocycles. The number of furan rings is 1. The van der Waals surface area contributed by atoms with Gasteiger partial charge in [0.25, 0.3) is 0 Å². The lowest BCUT2D eigenvalue weighted by molar-refractivity contribution is -0.124. The molecule has 2 aliphatic rings. The average Bonchev–Trinajstić information content (AvgIpc) is 2.91. The van der Waals surface area contributed by atoms with Crippen molar-refractivity contribution in [1.29, 1.82) is 0 Å². The molecule has 0 aromatic carbocycles. The Hall–Kier alpha value is -1.29. The van der Waals surface area contributed by atoms with Crippen LogP contribution in [0.1, 0.15) is 31.4 Å². The van der Waals surface area contributed by atoms with Crippen LogP contribution in [0.4, 0.5) is 0 Å². The highest BCUT2D eigenvalue weighted by molar-refractivity contribution is 5.76. The van der Waals surface area contributed by atoms with Gasteiger partial charge in [-0.2, -0.15) is 0 Å². The lowest BCUT2D eigenvalue weighted by Gasteiger charge is -2.46. The van der Waals surface area contributed by atoms with Crippen LogP contribution in [0, 0.1) is 17.8 Å². The second-order valence-corrected chi connectivity index (χ2v) is 6.40. The molecule has 1 aliphatic heterocycles. The van der Waals surface area contributed by atoms with Crippen molar-refractivity contribution in [3.63, 3.8) is 0 Å². The molecule has 2 heterocycles. The van der Waals surface area contributed by atoms with Crippen molar-refractivity contribution >= 4 is 5.91 Å². The maximum Gasteiger partial charge on any atom is 0.220 e. The van der Waals surface area contributed by atoms with Crippen LogP contribution in [0.3, 0.4) is 0 Å². The first-order valence-corrected chi connectivity index (χ1v) is 7.70. The zero-order valence-corrected chi connectivity index (χ0v) is 12.2. The summed E-state index contributed by atoms with van der Waals surface area (Å²) < 4.78 is 5.24. The van der Waals surface area contributed by atoms with E-state index >= 15 is 0 Å². The molecule has 0 spiro atoms. The molecule has 110 valence electrons. The summed E-state index contributed by atoms with van der Waals surface area (Å²) in [5, 5.41) is 2.99. The van der Waals surface area contributed by atoms with Gasteiger partial charge in [-0.25, -0.2) is 0 Å². The Labute approximate surface area is 120 Å². The van der Waals surface area contributed by atoms with E-state index in [0.29, 0.717) is 30.7 Å². The number of piperidine rings is 1. The molecule has 4 nitrogen and oxygen atoms in total. The van der Waals surface area contributed by atoms with E-state index in [1.165, 1.54) is 19.3 Å². The number of likely N-dealkylation sites (tertiary alicyclic amines) is 1. The van der Waals surface area contributed by atoms with E-state index in [0.717, 1.165) is 18.8 Å². The number of hydrogen-bond donors (Lipinski definition) is 1. The topological polar surface area (TPSA) is 45.5 Å². The lowest BCUT2D eigenvalue weighted by atomic mass is 9.67. The molecule has 1 aliphatic carbocycles. The van der Waals surface area contributed by atoms with Crippen LogP contribution in [-0.4, -0.2) is 30.9 Å². The largest absolute Gasteiger partial charge is 0.467 e. The first-order chi connectivity index (χ1) is 9.72. The molecule has 1 N–H and O–H groups in total. The van der Waals surface area contributed by atoms with Gasteiger partial charge in [0.2, 0.25) is 5.91 Å². The van der Waals surface area contributed by atoms with Gasteiger partial charge in [0.1, 0.15) is 5.76 Å². The van der Waals surface area contributed by atoms with Crippen LogP contribution in [0.25, 0.3) is 0 Å². The third-order valence-electron chi connectivity index (χ3n) is 4.91. The van der Waals surface area contributed by atoms with Gasteiger partial charge in [0, 0.05) is 19.5 Å². The van der Waals surface area contributed by atoms with E-state index in [1.807, 2.05) is 12.1 Å². The molecule has 2 fully saturated rings. The number of fused-ring (bicyclic) bond motifs is 2. The quantitative estimate of drug-likeness (QED) is 0.917. The first kappa shape index (κ1) is 13.7. The lowest BCUT2D eigenvalue weighted by Crippen LogP contribution is -2.48. The third-order valence-corrected chi connectivity index (χ3v) is 4.91. The Bertz CT molecular complexity index is 429. The van der Waals surface area contributed by atoms with Crippen molar-refractivity contribution in [3.05, 3.63) is 24.2 Å². The fraction of sp³-hybridized carbons (Fsp3) is 0.688. The molecule has 2 bridgehead atoms. The summed E-state index contributed by atoms with van der Waals surface area (Å²) >= 11 is 0. The van der Waals surface area contributed by atoms with E-state index in [-0.39, 0.29) is 5.91 Å². The van der Waals surface area contributed by atoms with Gasteiger partial charge in [-0.1, -0.05) is 6.42 Å². The zero-order chi connectivity index (χ0) is 13.9. The minimum absolute atomic E-state index is 0.174. The van der Waals surface area contributed by atoms with Crippen LogP contribution in [0.15, 0.2) is 22.8 Å². The molecule has 3 atom stereocenters. The summed E-state index contributed by atoms with van der Waals surface area (Å²) in [6.07, 6.45) is 6.24. The maximum atomic E-state index is 12.2. The van der Waals surface area contributed by atoms with Gasteiger partial charge >= 0.3 is 0 Å². The molecule has 4 heteroatoms. The molecule has 3 rings (SSSR count). The van der Waals surface area contributed by atoms with E-state index < -0.39 is 0 Å². The molecule has 1 amide bonds. The predicted molar refractivity (Wildman–Crippen MR) is 77.0 cm³/mol. The smallest absolute Gasteiger partial charge is 0.220 e. The average molecular weight is 276 g/mol. The number of amides is 1. The van der Waals surface area contributed by atoms with Crippen LogP contribution in [0.2, 0.25) is 0 Å². The van der Waals surface area contributed by atoms with Crippen molar-refractivity contribution < 1.29 is 9.21 Å². The second-order valence-electron chi connectivity index (χ2n) is 6.40. The van der Waals surface area contributed by atoms with Gasteiger partial charge < -0.3 is 14.6 Å². The van der Waals surface area contributed by atoms with Crippen LogP contribution in [-0.2, 0) is 11.3 Å². The van der Waals surface area contributed by atoms with Crippen molar-refractivity contribution in [2.45, 2.75) is 32.2 Å². The first-order valence-electron chi connectivity index (χ1n) is 7.70. The summed E-state index contributed by atoms with van der Waals surface area (Å²) in [4.78, 5) is 14.6. The fourth-order valence-electron chi connectivity index (χ4n) is 4.00. The summed E-state index contributed by atoms with van der Waals surface area (Å²) in [5.41, 5.74) is 0. The van der Waals surface area contributed by atoms with Gasteiger partial charge in [0.15, 0.2) is 0 Å². The Kier molecular flexibility index (Phi) is 4.10. The summed E-state index contributed by atoms with van der Waals surface area (Å²) in [7, 11) is 2.21. The highest BCUT2D eigenvalue weighted by atomic mass is 16.3. The molecule has 1 aromatic rings. The normalized spacial score (nSPS) is 30.1. The standard InChI is InChI=1S/C16H24N2O2/c1-18-10-12-4-2-5-13(11-18)15(12)8-16(19)17-9-14-6-3-7-20-14/h3,6-7,12-13,15H,2,4-5,8-11H2,1H3,(H,17,19)/t12-,13+,15?. The number of carbonyl (C=O) groups excluding carboxylic acids is 1. The molecular weight excluding hydrogens is 252 g/mol. The van der Waals surface area contributed by atoms with Gasteiger partial charge in [-0.15, -0.1) is 0 Å². The third kappa shape index (κ3) is 3.06. The molecule has 1 saturated heterocycles. The van der Waals surface area contributed by atoms with Crippen molar-refractivity contribution in [2.24, 2.45) is 17.8 Å². The van der Waals surface area contributed by atoms with Crippen molar-refractivity contribution in [1.82, 2.24) is 10.2 Å². The predicted octanol–water partition coefficient (Wildman–Crippen LogP) is 2.26. The maximum absolute atomic E-state index is 12.2. The summed E-state index contributed by atoms with van der Waals surface area (Å²) in [6, 6.07) is 3.74. The van der Waals surface area contributed by atoms with Crippen molar-refractivity contribution in [2.75, 3.05) is 20.1 Å². The number of nitrogens with zero attached hydrogens (tertiary/aromatic N) is 1. The molecule has 20 heavy (non-hydrogen) atoms. The van der Waals surface area contributed by atoms with E-state index in [1.54, 1.807) is 6.26 Å². The van der Waals surface area contributed by atoms with Crippen LogP contribution < -0.4 is 5.32 Å². The van der Waals surface area contributed by atoms with E-state index in [2.05, 4.69) is 17.3 Å². The number of rotatable bonds is 4. The minimum Gasteiger partial charge on any atom is -0.467 e. The Balaban J connectivity index is 1.53. The van der Waals surface area contributed by atoms with Crippen molar-refractivity contribution in [3.8, 4) is 0 Å². The Morgan fingerprint density at radius 3 is 2.80 bits per heavy atom. The monoisotopic (exact) mass is 276 g/mol. The highest BCUT2D eigenvalue weighted by Crippen LogP contribution is 2.41. The number of nitrogens with one attached hydrogen (secondary N) is 1. The van der Waals surface area contributed by atoms with Crippen LogP contribution >= 0.6 is 0 Å². The molecule has 1 aromatic heterocycles. The molecular formula is C16H24N2O2. The van der Waals surface area contributed by atoms with Crippen LogP contribution in [0.5, 0.6) is 0 Å². The Morgan fingerprint density at radius 1 is 1.40 bits per heavy atom.